The van der Waals surface area contributed by atoms with Gasteiger partial charge in [-0.2, -0.15) is 0 Å². The molecule has 0 saturated heterocycles. The first-order valence-electron chi connectivity index (χ1n) is 6.17. The molecule has 100 valence electrons. The third-order valence-corrected chi connectivity index (χ3v) is 2.89. The van der Waals surface area contributed by atoms with Gasteiger partial charge in [-0.05, 0) is 37.0 Å². The van der Waals surface area contributed by atoms with Crippen molar-refractivity contribution >= 4 is 5.91 Å². The van der Waals surface area contributed by atoms with Crippen molar-refractivity contribution in [2.45, 2.75) is 33.3 Å². The lowest BCUT2D eigenvalue weighted by atomic mass is 10.0. The highest BCUT2D eigenvalue weighted by Crippen LogP contribution is 2.18. The van der Waals surface area contributed by atoms with Crippen LogP contribution in [-0.2, 0) is 0 Å². The van der Waals surface area contributed by atoms with Gasteiger partial charge >= 0.3 is 0 Å². The van der Waals surface area contributed by atoms with Crippen LogP contribution in [0.2, 0.25) is 0 Å². The third-order valence-electron chi connectivity index (χ3n) is 2.89. The third kappa shape index (κ3) is 4.04. The molecule has 0 aromatic heterocycles. The van der Waals surface area contributed by atoms with Crippen LogP contribution in [0.25, 0.3) is 0 Å². The normalized spacial score (nSPS) is 12.5. The Labute approximate surface area is 108 Å². The van der Waals surface area contributed by atoms with Crippen LogP contribution in [0.1, 0.15) is 36.2 Å². The second-order valence-corrected chi connectivity index (χ2v) is 4.88. The summed E-state index contributed by atoms with van der Waals surface area (Å²) >= 11 is 0. The van der Waals surface area contributed by atoms with Crippen molar-refractivity contribution in [1.29, 1.82) is 0 Å². The Hall–Kier alpha value is -1.55. The molecule has 18 heavy (non-hydrogen) atoms. The van der Waals surface area contributed by atoms with Gasteiger partial charge in [-0.1, -0.05) is 19.9 Å². The van der Waals surface area contributed by atoms with Crippen LogP contribution in [0.4, 0.5) is 0 Å². The fraction of sp³-hybridized carbons (Fsp3) is 0.500. The molecular formula is C14H21NO3. The van der Waals surface area contributed by atoms with Gasteiger partial charge in [0.25, 0.3) is 5.91 Å². The molecule has 4 heteroatoms. The molecule has 0 radical (unpaired) electrons. The predicted molar refractivity (Wildman–Crippen MR) is 70.6 cm³/mol. The number of aromatic hydroxyl groups is 1. The van der Waals surface area contributed by atoms with Crippen molar-refractivity contribution in [3.8, 4) is 5.75 Å². The molecule has 0 bridgehead atoms. The van der Waals surface area contributed by atoms with E-state index in [9.17, 15) is 15.0 Å². The maximum absolute atomic E-state index is 11.8. The molecule has 1 rings (SSSR count). The minimum atomic E-state index is -0.420. The summed E-state index contributed by atoms with van der Waals surface area (Å²) in [5.41, 5.74) is 1.17. The number of amides is 1. The average molecular weight is 251 g/mol. The van der Waals surface area contributed by atoms with Gasteiger partial charge in [0.05, 0.1) is 11.7 Å². The maximum atomic E-state index is 11.8. The Kier molecular flexibility index (Phi) is 5.16. The van der Waals surface area contributed by atoms with Crippen LogP contribution in [0, 0.1) is 12.8 Å². The quantitative estimate of drug-likeness (QED) is 0.748. The van der Waals surface area contributed by atoms with Crippen molar-refractivity contribution in [3.63, 3.8) is 0 Å². The topological polar surface area (TPSA) is 69.6 Å². The number of aliphatic hydroxyl groups is 1. The van der Waals surface area contributed by atoms with E-state index >= 15 is 0 Å². The lowest BCUT2D eigenvalue weighted by molar-refractivity contribution is 0.0918. The van der Waals surface area contributed by atoms with Crippen LogP contribution < -0.4 is 5.32 Å². The number of rotatable bonds is 5. The van der Waals surface area contributed by atoms with Crippen molar-refractivity contribution in [2.75, 3.05) is 6.54 Å². The molecule has 4 nitrogen and oxygen atoms in total. The van der Waals surface area contributed by atoms with E-state index in [0.29, 0.717) is 13.0 Å². The van der Waals surface area contributed by atoms with Crippen molar-refractivity contribution in [3.05, 3.63) is 29.3 Å². The summed E-state index contributed by atoms with van der Waals surface area (Å²) in [5.74, 6) is -0.157. The minimum Gasteiger partial charge on any atom is -0.507 e. The lowest BCUT2D eigenvalue weighted by Crippen LogP contribution is -2.28. The highest BCUT2D eigenvalue weighted by molar-refractivity contribution is 5.96. The number of phenolic OH excluding ortho intramolecular Hbond substituents is 1. The number of hydrogen-bond acceptors (Lipinski definition) is 3. The standard InChI is InChI=1S/C14H21NO3/c1-9(2)12(16)6-7-15-14(18)11-5-4-10(3)8-13(11)17/h4-5,8-9,12,16-17H,6-7H2,1-3H3,(H,15,18). The molecule has 1 atom stereocenters. The SMILES string of the molecule is Cc1ccc(C(=O)NCCC(O)C(C)C)c(O)c1. The fourth-order valence-corrected chi connectivity index (χ4v) is 1.60. The molecule has 0 fully saturated rings. The molecule has 0 aliphatic rings. The van der Waals surface area contributed by atoms with Crippen molar-refractivity contribution < 1.29 is 15.0 Å². The molecule has 1 unspecified atom stereocenters. The second kappa shape index (κ2) is 6.40. The van der Waals surface area contributed by atoms with Crippen LogP contribution in [0.5, 0.6) is 5.75 Å². The fourth-order valence-electron chi connectivity index (χ4n) is 1.60. The van der Waals surface area contributed by atoms with Crippen LogP contribution in [0.15, 0.2) is 18.2 Å². The van der Waals surface area contributed by atoms with Gasteiger partial charge in [0.1, 0.15) is 5.75 Å². The van der Waals surface area contributed by atoms with Crippen LogP contribution in [-0.4, -0.2) is 28.8 Å². The van der Waals surface area contributed by atoms with Crippen molar-refractivity contribution in [2.24, 2.45) is 5.92 Å². The summed E-state index contributed by atoms with van der Waals surface area (Å²) in [4.78, 5) is 11.8. The van der Waals surface area contributed by atoms with E-state index < -0.39 is 6.10 Å². The van der Waals surface area contributed by atoms with Crippen LogP contribution in [0.3, 0.4) is 0 Å². The Morgan fingerprint density at radius 3 is 2.61 bits per heavy atom. The first-order chi connectivity index (χ1) is 8.41. The molecule has 0 spiro atoms. The predicted octanol–water partition coefficient (Wildman–Crippen LogP) is 1.84. The van der Waals surface area contributed by atoms with Gasteiger partial charge in [0, 0.05) is 6.54 Å². The van der Waals surface area contributed by atoms with E-state index in [2.05, 4.69) is 5.32 Å². The van der Waals surface area contributed by atoms with Gasteiger partial charge < -0.3 is 15.5 Å². The van der Waals surface area contributed by atoms with Gasteiger partial charge in [0.15, 0.2) is 0 Å². The first-order valence-corrected chi connectivity index (χ1v) is 6.17. The monoisotopic (exact) mass is 251 g/mol. The molecule has 3 N–H and O–H groups in total. The number of aliphatic hydroxyl groups excluding tert-OH is 1. The molecule has 1 amide bonds. The van der Waals surface area contributed by atoms with Gasteiger partial charge in [0.2, 0.25) is 0 Å². The number of phenols is 1. The number of hydrogen-bond donors (Lipinski definition) is 3. The van der Waals surface area contributed by atoms with Gasteiger partial charge in [-0.15, -0.1) is 0 Å². The zero-order valence-electron chi connectivity index (χ0n) is 11.1. The van der Waals surface area contributed by atoms with Gasteiger partial charge in [-0.25, -0.2) is 0 Å². The maximum Gasteiger partial charge on any atom is 0.255 e. The van der Waals surface area contributed by atoms with Gasteiger partial charge in [-0.3, -0.25) is 4.79 Å². The zero-order chi connectivity index (χ0) is 13.7. The van der Waals surface area contributed by atoms with E-state index in [1.54, 1.807) is 18.2 Å². The van der Waals surface area contributed by atoms with Crippen molar-refractivity contribution in [1.82, 2.24) is 5.32 Å². The van der Waals surface area contributed by atoms with E-state index in [-0.39, 0.29) is 23.1 Å². The molecule has 0 aliphatic heterocycles. The Morgan fingerprint density at radius 1 is 1.39 bits per heavy atom. The Bertz CT molecular complexity index is 416. The lowest BCUT2D eigenvalue weighted by Gasteiger charge is -2.14. The summed E-state index contributed by atoms with van der Waals surface area (Å²) in [6, 6.07) is 4.92. The molecular weight excluding hydrogens is 230 g/mol. The smallest absolute Gasteiger partial charge is 0.255 e. The van der Waals surface area contributed by atoms with E-state index in [0.717, 1.165) is 5.56 Å². The molecule has 1 aromatic carbocycles. The zero-order valence-corrected chi connectivity index (χ0v) is 11.1. The number of carbonyl (C=O) groups excluding carboxylic acids is 1. The molecule has 0 aliphatic carbocycles. The summed E-state index contributed by atoms with van der Waals surface area (Å²) in [7, 11) is 0. The largest absolute Gasteiger partial charge is 0.507 e. The molecule has 1 aromatic rings. The average Bonchev–Trinajstić information content (AvgIpc) is 2.28. The van der Waals surface area contributed by atoms with E-state index in [4.69, 9.17) is 0 Å². The Morgan fingerprint density at radius 2 is 2.06 bits per heavy atom. The summed E-state index contributed by atoms with van der Waals surface area (Å²) in [6.07, 6.45) is 0.0904. The van der Waals surface area contributed by atoms with Crippen LogP contribution >= 0.6 is 0 Å². The number of benzene rings is 1. The minimum absolute atomic E-state index is 0.0168. The Balaban J connectivity index is 2.51. The second-order valence-electron chi connectivity index (χ2n) is 4.88. The highest BCUT2D eigenvalue weighted by Gasteiger charge is 2.12. The van der Waals surface area contributed by atoms with E-state index in [1.807, 2.05) is 20.8 Å². The highest BCUT2D eigenvalue weighted by atomic mass is 16.3. The number of carbonyl (C=O) groups is 1. The number of nitrogens with one attached hydrogen (secondary N) is 1. The first kappa shape index (κ1) is 14.5. The molecule has 0 saturated carbocycles. The summed E-state index contributed by atoms with van der Waals surface area (Å²) in [5, 5.41) is 21.9. The molecule has 0 heterocycles. The summed E-state index contributed by atoms with van der Waals surface area (Å²) in [6.45, 7) is 6.10. The summed E-state index contributed by atoms with van der Waals surface area (Å²) < 4.78 is 0. The van der Waals surface area contributed by atoms with E-state index in [1.165, 1.54) is 0 Å². The number of aryl methyl sites for hydroxylation is 1.